The van der Waals surface area contributed by atoms with Crippen LogP contribution in [-0.4, -0.2) is 28.9 Å². The lowest BCUT2D eigenvalue weighted by Gasteiger charge is -2.25. The van der Waals surface area contributed by atoms with E-state index < -0.39 is 17.7 Å². The first-order valence-electron chi connectivity index (χ1n) is 9.22. The predicted molar refractivity (Wildman–Crippen MR) is 118 cm³/mol. The Morgan fingerprint density at radius 1 is 1.00 bits per heavy atom. The first kappa shape index (κ1) is 20.9. The Kier molecular flexibility index (Phi) is 5.67. The van der Waals surface area contributed by atoms with Crippen molar-refractivity contribution in [3.05, 3.63) is 93.7 Å². The SMILES string of the molecule is COc1ccc(N2C(=O)C(=O)/C(=C(\O)c3ccc(Cl)c(Cl)c3)C2c2ccncc2)cc1. The minimum Gasteiger partial charge on any atom is -0.507 e. The van der Waals surface area contributed by atoms with E-state index in [0.29, 0.717) is 22.0 Å². The zero-order valence-electron chi connectivity index (χ0n) is 16.3. The van der Waals surface area contributed by atoms with Crippen molar-refractivity contribution in [3.8, 4) is 5.75 Å². The number of ketones is 1. The summed E-state index contributed by atoms with van der Waals surface area (Å²) in [5.41, 5.74) is 1.33. The molecule has 2 aromatic carbocycles. The number of ether oxygens (including phenoxy) is 1. The Hall–Kier alpha value is -3.35. The fourth-order valence-electron chi connectivity index (χ4n) is 3.50. The third-order valence-corrected chi connectivity index (χ3v) is 5.75. The molecule has 8 heteroatoms. The lowest BCUT2D eigenvalue weighted by molar-refractivity contribution is -0.132. The van der Waals surface area contributed by atoms with Crippen molar-refractivity contribution in [1.82, 2.24) is 4.98 Å². The van der Waals surface area contributed by atoms with Gasteiger partial charge in [0.05, 0.1) is 28.8 Å². The maximum Gasteiger partial charge on any atom is 0.300 e. The number of anilines is 1. The van der Waals surface area contributed by atoms with Crippen LogP contribution < -0.4 is 9.64 Å². The number of carbonyl (C=O) groups excluding carboxylic acids is 2. The van der Waals surface area contributed by atoms with Crippen molar-refractivity contribution in [2.24, 2.45) is 0 Å². The first-order valence-corrected chi connectivity index (χ1v) is 9.98. The van der Waals surface area contributed by atoms with E-state index in [1.54, 1.807) is 48.8 Å². The van der Waals surface area contributed by atoms with E-state index in [2.05, 4.69) is 4.98 Å². The van der Waals surface area contributed by atoms with Gasteiger partial charge in [0, 0.05) is 23.6 Å². The van der Waals surface area contributed by atoms with Crippen LogP contribution in [0.1, 0.15) is 17.2 Å². The Morgan fingerprint density at radius 3 is 2.29 bits per heavy atom. The number of halogens is 2. The van der Waals surface area contributed by atoms with E-state index >= 15 is 0 Å². The van der Waals surface area contributed by atoms with Crippen LogP contribution in [0.15, 0.2) is 72.6 Å². The Balaban J connectivity index is 1.92. The van der Waals surface area contributed by atoms with Crippen LogP contribution >= 0.6 is 23.2 Å². The van der Waals surface area contributed by atoms with Crippen LogP contribution in [0.4, 0.5) is 5.69 Å². The highest BCUT2D eigenvalue weighted by molar-refractivity contribution is 6.51. The van der Waals surface area contributed by atoms with Gasteiger partial charge in [-0.25, -0.2) is 0 Å². The molecule has 0 spiro atoms. The number of amides is 1. The van der Waals surface area contributed by atoms with Crippen molar-refractivity contribution in [2.45, 2.75) is 6.04 Å². The minimum atomic E-state index is -0.856. The molecule has 0 saturated carbocycles. The number of aliphatic hydroxyl groups excluding tert-OH is 1. The molecule has 0 radical (unpaired) electrons. The van der Waals surface area contributed by atoms with E-state index in [9.17, 15) is 14.7 Å². The average Bonchev–Trinajstić information content (AvgIpc) is 3.06. The largest absolute Gasteiger partial charge is 0.507 e. The van der Waals surface area contributed by atoms with Crippen LogP contribution in [0.5, 0.6) is 5.75 Å². The predicted octanol–water partition coefficient (Wildman–Crippen LogP) is 5.02. The molecule has 1 atom stereocenters. The molecule has 1 N–H and O–H groups in total. The smallest absolute Gasteiger partial charge is 0.300 e. The van der Waals surface area contributed by atoms with Crippen LogP contribution in [0.2, 0.25) is 10.0 Å². The van der Waals surface area contributed by atoms with Crippen LogP contribution in [0, 0.1) is 0 Å². The number of hydrogen-bond acceptors (Lipinski definition) is 5. The van der Waals surface area contributed by atoms with Crippen molar-refractivity contribution < 1.29 is 19.4 Å². The molecule has 1 amide bonds. The molecule has 1 aliphatic heterocycles. The van der Waals surface area contributed by atoms with E-state index in [0.717, 1.165) is 0 Å². The van der Waals surface area contributed by atoms with E-state index in [1.807, 2.05) is 0 Å². The normalized spacial score (nSPS) is 17.8. The Bertz CT molecular complexity index is 1190. The third-order valence-electron chi connectivity index (χ3n) is 5.01. The van der Waals surface area contributed by atoms with Gasteiger partial charge in [0.25, 0.3) is 11.7 Å². The third kappa shape index (κ3) is 3.76. The molecular formula is C23H16Cl2N2O4. The number of hydrogen-bond donors (Lipinski definition) is 1. The van der Waals surface area contributed by atoms with E-state index in [1.165, 1.54) is 30.2 Å². The van der Waals surface area contributed by atoms with Gasteiger partial charge < -0.3 is 9.84 Å². The van der Waals surface area contributed by atoms with E-state index in [4.69, 9.17) is 27.9 Å². The summed E-state index contributed by atoms with van der Waals surface area (Å²) in [6.45, 7) is 0. The standard InChI is InChI=1S/C23H16Cl2N2O4/c1-31-16-5-3-15(4-6-16)27-20(13-8-10-26-11-9-13)19(22(29)23(27)30)21(28)14-2-7-17(24)18(25)12-14/h2-12,20,28H,1H3/b21-19-. The molecule has 31 heavy (non-hydrogen) atoms. The zero-order valence-corrected chi connectivity index (χ0v) is 17.8. The summed E-state index contributed by atoms with van der Waals surface area (Å²) in [6, 6.07) is 13.8. The fourth-order valence-corrected chi connectivity index (χ4v) is 3.80. The van der Waals surface area contributed by atoms with Gasteiger partial charge in [0.15, 0.2) is 0 Å². The lowest BCUT2D eigenvalue weighted by atomic mass is 9.96. The highest BCUT2D eigenvalue weighted by Gasteiger charge is 2.47. The second-order valence-electron chi connectivity index (χ2n) is 6.78. The number of Topliss-reactive ketones (excluding diaryl/α,β-unsaturated/α-hetero) is 1. The molecule has 4 rings (SSSR count). The molecule has 3 aromatic rings. The van der Waals surface area contributed by atoms with Crippen LogP contribution in [0.25, 0.3) is 5.76 Å². The average molecular weight is 455 g/mol. The molecular weight excluding hydrogens is 439 g/mol. The van der Waals surface area contributed by atoms with Gasteiger partial charge >= 0.3 is 0 Å². The molecule has 1 fully saturated rings. The summed E-state index contributed by atoms with van der Waals surface area (Å²) in [4.78, 5) is 31.5. The summed E-state index contributed by atoms with van der Waals surface area (Å²) in [5.74, 6) is -1.29. The highest BCUT2D eigenvalue weighted by Crippen LogP contribution is 2.42. The lowest BCUT2D eigenvalue weighted by Crippen LogP contribution is -2.29. The van der Waals surface area contributed by atoms with Crippen molar-refractivity contribution in [2.75, 3.05) is 12.0 Å². The summed E-state index contributed by atoms with van der Waals surface area (Å²) in [6.07, 6.45) is 3.12. The Morgan fingerprint density at radius 2 is 1.68 bits per heavy atom. The second kappa shape index (κ2) is 8.41. The molecule has 2 heterocycles. The van der Waals surface area contributed by atoms with Gasteiger partial charge in [-0.1, -0.05) is 23.2 Å². The monoisotopic (exact) mass is 454 g/mol. The number of aromatic nitrogens is 1. The van der Waals surface area contributed by atoms with Crippen molar-refractivity contribution in [3.63, 3.8) is 0 Å². The molecule has 1 aromatic heterocycles. The summed E-state index contributed by atoms with van der Waals surface area (Å²) >= 11 is 12.1. The molecule has 1 saturated heterocycles. The molecule has 1 unspecified atom stereocenters. The maximum absolute atomic E-state index is 13.1. The van der Waals surface area contributed by atoms with Gasteiger partial charge in [-0.15, -0.1) is 0 Å². The van der Waals surface area contributed by atoms with Gasteiger partial charge in [-0.3, -0.25) is 19.5 Å². The minimum absolute atomic E-state index is 0.0505. The van der Waals surface area contributed by atoms with Gasteiger partial charge in [0.2, 0.25) is 0 Å². The molecule has 1 aliphatic rings. The summed E-state index contributed by atoms with van der Waals surface area (Å²) in [5, 5.41) is 11.6. The first-order chi connectivity index (χ1) is 14.9. The molecule has 156 valence electrons. The number of benzene rings is 2. The summed E-state index contributed by atoms with van der Waals surface area (Å²) < 4.78 is 5.18. The number of rotatable bonds is 4. The molecule has 0 bridgehead atoms. The zero-order chi connectivity index (χ0) is 22.1. The fraction of sp³-hybridized carbons (Fsp3) is 0.0870. The summed E-state index contributed by atoms with van der Waals surface area (Å²) in [7, 11) is 1.54. The number of pyridine rings is 1. The second-order valence-corrected chi connectivity index (χ2v) is 7.59. The number of carbonyl (C=O) groups is 2. The van der Waals surface area contributed by atoms with E-state index in [-0.39, 0.29) is 21.9 Å². The highest BCUT2D eigenvalue weighted by atomic mass is 35.5. The van der Waals surface area contributed by atoms with Crippen LogP contribution in [0.3, 0.4) is 0 Å². The number of methoxy groups -OCH3 is 1. The molecule has 0 aliphatic carbocycles. The van der Waals surface area contributed by atoms with Gasteiger partial charge in [-0.05, 0) is 60.2 Å². The molecule has 6 nitrogen and oxygen atoms in total. The Labute approximate surface area is 188 Å². The van der Waals surface area contributed by atoms with Gasteiger partial charge in [-0.2, -0.15) is 0 Å². The topological polar surface area (TPSA) is 79.7 Å². The van der Waals surface area contributed by atoms with Crippen molar-refractivity contribution >= 4 is 46.3 Å². The number of aliphatic hydroxyl groups is 1. The van der Waals surface area contributed by atoms with Crippen molar-refractivity contribution in [1.29, 1.82) is 0 Å². The number of nitrogens with zero attached hydrogens (tertiary/aromatic N) is 2. The quantitative estimate of drug-likeness (QED) is 0.340. The van der Waals surface area contributed by atoms with Crippen LogP contribution in [-0.2, 0) is 9.59 Å². The van der Waals surface area contributed by atoms with Gasteiger partial charge in [0.1, 0.15) is 11.5 Å². The maximum atomic E-state index is 13.1.